The Balaban J connectivity index is 1.29. The van der Waals surface area contributed by atoms with Gasteiger partial charge in [0.2, 0.25) is 0 Å². The third-order valence-electron chi connectivity index (χ3n) is 7.28. The zero-order valence-corrected chi connectivity index (χ0v) is 21.5. The van der Waals surface area contributed by atoms with Crippen LogP contribution >= 0.6 is 0 Å². The number of carbonyl (C=O) groups is 1. The molecule has 1 heterocycles. The average molecular weight is 497 g/mol. The van der Waals surface area contributed by atoms with Gasteiger partial charge in [0.05, 0.1) is 13.5 Å². The number of rotatable bonds is 10. The highest BCUT2D eigenvalue weighted by molar-refractivity contribution is 5.77. The largest absolute Gasteiger partial charge is 0.497 e. The molecule has 4 aromatic rings. The molecule has 190 valence electrons. The van der Waals surface area contributed by atoms with Gasteiger partial charge in [-0.3, -0.25) is 4.79 Å². The van der Waals surface area contributed by atoms with Crippen LogP contribution in [0.4, 0.5) is 5.69 Å². The van der Waals surface area contributed by atoms with E-state index >= 15 is 0 Å². The Labute approximate surface area is 217 Å². The molecule has 3 aromatic carbocycles. The average Bonchev–Trinajstić information content (AvgIpc) is 3.59. The standard InChI is InChI=1S/C31H32N2O4/c1-20(18-22-4-14-27(36-3)15-5-22)32-29-21(2)33-37-30(29)25-8-6-23(7-9-25)24-10-12-26(13-11-24)31(16-17-31)19-28(34)35/h4-15,20,32H,16-19H2,1-3H3,(H,34,35). The monoisotopic (exact) mass is 496 g/mol. The lowest BCUT2D eigenvalue weighted by molar-refractivity contribution is -0.137. The highest BCUT2D eigenvalue weighted by Gasteiger charge is 2.45. The van der Waals surface area contributed by atoms with Crippen LogP contribution in [0.25, 0.3) is 22.5 Å². The summed E-state index contributed by atoms with van der Waals surface area (Å²) < 4.78 is 11.0. The molecular formula is C31H32N2O4. The number of ether oxygens (including phenoxy) is 1. The van der Waals surface area contributed by atoms with Crippen molar-refractivity contribution in [1.82, 2.24) is 5.16 Å². The number of nitrogens with one attached hydrogen (secondary N) is 1. The number of anilines is 1. The number of hydrogen-bond donors (Lipinski definition) is 2. The van der Waals surface area contributed by atoms with E-state index in [1.165, 1.54) is 5.56 Å². The van der Waals surface area contributed by atoms with E-state index in [2.05, 4.69) is 78.1 Å². The molecule has 2 N–H and O–H groups in total. The van der Waals surface area contributed by atoms with Gasteiger partial charge in [0.1, 0.15) is 17.1 Å². The molecule has 1 aliphatic rings. The van der Waals surface area contributed by atoms with Crippen LogP contribution in [0, 0.1) is 6.92 Å². The highest BCUT2D eigenvalue weighted by atomic mass is 16.5. The first kappa shape index (κ1) is 24.6. The molecule has 1 unspecified atom stereocenters. The molecule has 6 heteroatoms. The van der Waals surface area contributed by atoms with Crippen LogP contribution in [0.1, 0.15) is 43.0 Å². The van der Waals surface area contributed by atoms with Crippen molar-refractivity contribution >= 4 is 11.7 Å². The van der Waals surface area contributed by atoms with Crippen molar-refractivity contribution in [2.75, 3.05) is 12.4 Å². The maximum Gasteiger partial charge on any atom is 0.304 e. The summed E-state index contributed by atoms with van der Waals surface area (Å²) in [5.41, 5.74) is 7.05. The van der Waals surface area contributed by atoms with E-state index in [0.29, 0.717) is 0 Å². The number of aryl methyl sites for hydroxylation is 1. The van der Waals surface area contributed by atoms with Gasteiger partial charge < -0.3 is 19.7 Å². The van der Waals surface area contributed by atoms with E-state index in [4.69, 9.17) is 9.26 Å². The van der Waals surface area contributed by atoms with Gasteiger partial charge >= 0.3 is 5.97 Å². The van der Waals surface area contributed by atoms with Gasteiger partial charge in [-0.15, -0.1) is 0 Å². The van der Waals surface area contributed by atoms with Crippen molar-refractivity contribution in [3.63, 3.8) is 0 Å². The summed E-state index contributed by atoms with van der Waals surface area (Å²) in [4.78, 5) is 11.2. The molecule has 1 aliphatic carbocycles. The summed E-state index contributed by atoms with van der Waals surface area (Å²) in [7, 11) is 1.67. The second-order valence-electron chi connectivity index (χ2n) is 10.1. The third kappa shape index (κ3) is 5.38. The van der Waals surface area contributed by atoms with Gasteiger partial charge in [0.25, 0.3) is 0 Å². The summed E-state index contributed by atoms with van der Waals surface area (Å²) in [5.74, 6) is 0.847. The van der Waals surface area contributed by atoms with Crippen LogP contribution in [0.15, 0.2) is 77.3 Å². The molecule has 37 heavy (non-hydrogen) atoms. The molecule has 0 aliphatic heterocycles. The Morgan fingerprint density at radius 2 is 1.59 bits per heavy atom. The molecular weight excluding hydrogens is 464 g/mol. The minimum absolute atomic E-state index is 0.174. The van der Waals surface area contributed by atoms with Gasteiger partial charge in [0, 0.05) is 17.0 Å². The minimum Gasteiger partial charge on any atom is -0.497 e. The number of hydrogen-bond acceptors (Lipinski definition) is 5. The molecule has 1 saturated carbocycles. The smallest absolute Gasteiger partial charge is 0.304 e. The lowest BCUT2D eigenvalue weighted by atomic mass is 9.91. The number of carboxylic acid groups (broad SMARTS) is 1. The molecule has 0 spiro atoms. The van der Waals surface area contributed by atoms with Crippen molar-refractivity contribution in [1.29, 1.82) is 0 Å². The van der Waals surface area contributed by atoms with Crippen molar-refractivity contribution in [3.05, 3.63) is 89.6 Å². The van der Waals surface area contributed by atoms with Crippen LogP contribution in [0.2, 0.25) is 0 Å². The minimum atomic E-state index is -0.733. The van der Waals surface area contributed by atoms with Crippen molar-refractivity contribution < 1.29 is 19.2 Å². The summed E-state index contributed by atoms with van der Waals surface area (Å²) in [6, 6.07) is 24.9. The Kier molecular flexibility index (Phi) is 6.74. The zero-order chi connectivity index (χ0) is 26.0. The summed E-state index contributed by atoms with van der Waals surface area (Å²) in [6.45, 7) is 4.10. The van der Waals surface area contributed by atoms with E-state index in [9.17, 15) is 9.90 Å². The molecule has 1 fully saturated rings. The molecule has 1 aromatic heterocycles. The molecule has 0 amide bonds. The summed E-state index contributed by atoms with van der Waals surface area (Å²) in [6.07, 6.45) is 2.95. The van der Waals surface area contributed by atoms with Crippen LogP contribution < -0.4 is 10.1 Å². The molecule has 6 nitrogen and oxygen atoms in total. The normalized spacial score (nSPS) is 14.7. The lowest BCUT2D eigenvalue weighted by Crippen LogP contribution is -2.18. The molecule has 5 rings (SSSR count). The summed E-state index contributed by atoms with van der Waals surface area (Å²) >= 11 is 0. The number of aliphatic carboxylic acids is 1. The van der Waals surface area contributed by atoms with E-state index in [1.54, 1.807) is 7.11 Å². The number of benzene rings is 3. The van der Waals surface area contributed by atoms with E-state index in [-0.39, 0.29) is 17.9 Å². The Morgan fingerprint density at radius 1 is 1.00 bits per heavy atom. The predicted molar refractivity (Wildman–Crippen MR) is 145 cm³/mol. The highest BCUT2D eigenvalue weighted by Crippen LogP contribution is 2.51. The molecule has 0 bridgehead atoms. The summed E-state index contributed by atoms with van der Waals surface area (Å²) in [5, 5.41) is 17.0. The maximum atomic E-state index is 11.2. The van der Waals surface area contributed by atoms with Gasteiger partial charge in [-0.1, -0.05) is 65.8 Å². The second kappa shape index (κ2) is 10.1. The fourth-order valence-corrected chi connectivity index (χ4v) is 4.99. The number of nitrogens with zero attached hydrogens (tertiary/aromatic N) is 1. The predicted octanol–water partition coefficient (Wildman–Crippen LogP) is 6.88. The fourth-order valence-electron chi connectivity index (χ4n) is 4.99. The van der Waals surface area contributed by atoms with Gasteiger partial charge in [-0.25, -0.2) is 0 Å². The number of aromatic nitrogens is 1. The first-order chi connectivity index (χ1) is 17.9. The van der Waals surface area contributed by atoms with Crippen LogP contribution in [-0.2, 0) is 16.6 Å². The van der Waals surface area contributed by atoms with Gasteiger partial charge in [-0.05, 0) is 67.5 Å². The van der Waals surface area contributed by atoms with Crippen molar-refractivity contribution in [2.45, 2.75) is 51.0 Å². The first-order valence-corrected chi connectivity index (χ1v) is 12.7. The topological polar surface area (TPSA) is 84.6 Å². The fraction of sp³-hybridized carbons (Fsp3) is 0.290. The van der Waals surface area contributed by atoms with E-state index in [1.807, 2.05) is 19.1 Å². The van der Waals surface area contributed by atoms with Crippen LogP contribution in [0.5, 0.6) is 5.75 Å². The van der Waals surface area contributed by atoms with Crippen LogP contribution in [-0.4, -0.2) is 29.4 Å². The third-order valence-corrected chi connectivity index (χ3v) is 7.28. The maximum absolute atomic E-state index is 11.2. The quantitative estimate of drug-likeness (QED) is 0.249. The number of methoxy groups -OCH3 is 1. The second-order valence-corrected chi connectivity index (χ2v) is 10.1. The Hall–Kier alpha value is -4.06. The van der Waals surface area contributed by atoms with Crippen LogP contribution in [0.3, 0.4) is 0 Å². The molecule has 0 saturated heterocycles. The molecule has 1 atom stereocenters. The Bertz CT molecular complexity index is 1370. The van der Waals surface area contributed by atoms with E-state index in [0.717, 1.165) is 64.4 Å². The van der Waals surface area contributed by atoms with Gasteiger partial charge in [0.15, 0.2) is 5.76 Å². The SMILES string of the molecule is COc1ccc(CC(C)Nc2c(C)noc2-c2ccc(-c3ccc(C4(CC(=O)O)CC4)cc3)cc2)cc1. The Morgan fingerprint density at radius 3 is 2.16 bits per heavy atom. The van der Waals surface area contributed by atoms with Crippen molar-refractivity contribution in [3.8, 4) is 28.2 Å². The first-order valence-electron chi connectivity index (χ1n) is 12.7. The van der Waals surface area contributed by atoms with Gasteiger partial charge in [-0.2, -0.15) is 0 Å². The zero-order valence-electron chi connectivity index (χ0n) is 21.5. The van der Waals surface area contributed by atoms with E-state index < -0.39 is 5.97 Å². The van der Waals surface area contributed by atoms with Crippen molar-refractivity contribution in [2.24, 2.45) is 0 Å². The lowest BCUT2D eigenvalue weighted by Gasteiger charge is -2.16. The number of carboxylic acids is 1. The molecule has 0 radical (unpaired) electrons.